The summed E-state index contributed by atoms with van der Waals surface area (Å²) in [6.07, 6.45) is 4.25. The van der Waals surface area contributed by atoms with Gasteiger partial charge in [0.1, 0.15) is 5.82 Å². The van der Waals surface area contributed by atoms with Crippen LogP contribution < -0.4 is 5.32 Å². The average Bonchev–Trinajstić information content (AvgIpc) is 2.80. The number of H-pyrrole nitrogens is 1. The van der Waals surface area contributed by atoms with E-state index in [0.717, 1.165) is 12.1 Å². The van der Waals surface area contributed by atoms with E-state index in [1.165, 1.54) is 6.07 Å². The lowest BCUT2D eigenvalue weighted by Gasteiger charge is -2.17. The van der Waals surface area contributed by atoms with E-state index in [0.29, 0.717) is 5.56 Å². The highest BCUT2D eigenvalue weighted by Gasteiger charge is 2.13. The molecule has 0 amide bonds. The van der Waals surface area contributed by atoms with E-state index in [-0.39, 0.29) is 11.9 Å². The van der Waals surface area contributed by atoms with Crippen molar-refractivity contribution in [2.45, 2.75) is 19.4 Å². The van der Waals surface area contributed by atoms with Crippen molar-refractivity contribution < 1.29 is 4.39 Å². The molecule has 0 saturated heterocycles. The SMILES string of the molecule is CCC(Nc1cn[nH]c1)c1ccccc1F. The second-order valence-corrected chi connectivity index (χ2v) is 3.61. The molecule has 2 aromatic rings. The van der Waals surface area contributed by atoms with Gasteiger partial charge in [-0.1, -0.05) is 25.1 Å². The van der Waals surface area contributed by atoms with E-state index in [9.17, 15) is 4.39 Å². The Morgan fingerprint density at radius 3 is 2.88 bits per heavy atom. The molecule has 16 heavy (non-hydrogen) atoms. The minimum Gasteiger partial charge on any atom is -0.376 e. The van der Waals surface area contributed by atoms with Crippen molar-refractivity contribution in [1.82, 2.24) is 10.2 Å². The molecule has 3 nitrogen and oxygen atoms in total. The maximum atomic E-state index is 13.6. The lowest BCUT2D eigenvalue weighted by atomic mass is 10.0. The first-order valence-electron chi connectivity index (χ1n) is 5.31. The molecule has 0 aliphatic carbocycles. The van der Waals surface area contributed by atoms with Crippen molar-refractivity contribution in [3.8, 4) is 0 Å². The normalized spacial score (nSPS) is 12.4. The molecule has 0 fully saturated rings. The van der Waals surface area contributed by atoms with Crippen LogP contribution in [0.3, 0.4) is 0 Å². The van der Waals surface area contributed by atoms with E-state index in [1.54, 1.807) is 24.5 Å². The van der Waals surface area contributed by atoms with Crippen LogP contribution in [0.2, 0.25) is 0 Å². The van der Waals surface area contributed by atoms with Gasteiger partial charge in [0, 0.05) is 11.8 Å². The summed E-state index contributed by atoms with van der Waals surface area (Å²) >= 11 is 0. The molecule has 0 bridgehead atoms. The highest BCUT2D eigenvalue weighted by atomic mass is 19.1. The van der Waals surface area contributed by atoms with E-state index < -0.39 is 0 Å². The van der Waals surface area contributed by atoms with Gasteiger partial charge < -0.3 is 5.32 Å². The number of benzene rings is 1. The van der Waals surface area contributed by atoms with Crippen molar-refractivity contribution in [3.63, 3.8) is 0 Å². The van der Waals surface area contributed by atoms with Gasteiger partial charge in [-0.15, -0.1) is 0 Å². The van der Waals surface area contributed by atoms with Crippen LogP contribution in [0.5, 0.6) is 0 Å². The standard InChI is InChI=1S/C12H14FN3/c1-2-12(16-9-7-14-15-8-9)10-5-3-4-6-11(10)13/h3-8,12,16H,2H2,1H3,(H,14,15). The molecule has 2 N–H and O–H groups in total. The van der Waals surface area contributed by atoms with Crippen molar-refractivity contribution >= 4 is 5.69 Å². The maximum Gasteiger partial charge on any atom is 0.128 e. The zero-order valence-corrected chi connectivity index (χ0v) is 9.07. The molecule has 4 heteroatoms. The molecule has 0 spiro atoms. The molecule has 0 aliphatic heterocycles. The van der Waals surface area contributed by atoms with Gasteiger partial charge >= 0.3 is 0 Å². The van der Waals surface area contributed by atoms with Crippen LogP contribution in [0, 0.1) is 5.82 Å². The predicted octanol–water partition coefficient (Wildman–Crippen LogP) is 3.11. The van der Waals surface area contributed by atoms with Crippen LogP contribution in [0.15, 0.2) is 36.7 Å². The Morgan fingerprint density at radius 2 is 2.25 bits per heavy atom. The van der Waals surface area contributed by atoms with Crippen LogP contribution in [-0.4, -0.2) is 10.2 Å². The Morgan fingerprint density at radius 1 is 1.44 bits per heavy atom. The van der Waals surface area contributed by atoms with Crippen LogP contribution in [0.1, 0.15) is 24.9 Å². The third kappa shape index (κ3) is 2.21. The molecule has 2 rings (SSSR count). The van der Waals surface area contributed by atoms with E-state index >= 15 is 0 Å². The highest BCUT2D eigenvalue weighted by molar-refractivity contribution is 5.41. The quantitative estimate of drug-likeness (QED) is 0.829. The molecule has 1 unspecified atom stereocenters. The van der Waals surface area contributed by atoms with Crippen LogP contribution in [-0.2, 0) is 0 Å². The number of halogens is 1. The molecule has 1 atom stereocenters. The van der Waals surface area contributed by atoms with Gasteiger partial charge in [-0.25, -0.2) is 4.39 Å². The summed E-state index contributed by atoms with van der Waals surface area (Å²) in [4.78, 5) is 0. The highest BCUT2D eigenvalue weighted by Crippen LogP contribution is 2.23. The monoisotopic (exact) mass is 219 g/mol. The van der Waals surface area contributed by atoms with Gasteiger partial charge in [-0.3, -0.25) is 5.10 Å². The Labute approximate surface area is 93.7 Å². The molecule has 84 valence electrons. The van der Waals surface area contributed by atoms with Crippen LogP contribution >= 0.6 is 0 Å². The summed E-state index contributed by atoms with van der Waals surface area (Å²) < 4.78 is 13.6. The Balaban J connectivity index is 2.20. The fourth-order valence-corrected chi connectivity index (χ4v) is 1.69. The number of nitrogens with zero attached hydrogens (tertiary/aromatic N) is 1. The number of hydrogen-bond donors (Lipinski definition) is 2. The fraction of sp³-hybridized carbons (Fsp3) is 0.250. The second-order valence-electron chi connectivity index (χ2n) is 3.61. The lowest BCUT2D eigenvalue weighted by molar-refractivity contribution is 0.587. The molecular formula is C12H14FN3. The number of nitrogens with one attached hydrogen (secondary N) is 2. The van der Waals surface area contributed by atoms with Gasteiger partial charge in [0.15, 0.2) is 0 Å². The lowest BCUT2D eigenvalue weighted by Crippen LogP contribution is -2.10. The first-order chi connectivity index (χ1) is 7.81. The van der Waals surface area contributed by atoms with E-state index in [1.807, 2.05) is 13.0 Å². The summed E-state index contributed by atoms with van der Waals surface area (Å²) in [6, 6.07) is 6.80. The first-order valence-corrected chi connectivity index (χ1v) is 5.31. The van der Waals surface area contributed by atoms with Gasteiger partial charge in [0.05, 0.1) is 17.9 Å². The minimum atomic E-state index is -0.176. The van der Waals surface area contributed by atoms with Crippen molar-refractivity contribution in [1.29, 1.82) is 0 Å². The van der Waals surface area contributed by atoms with Gasteiger partial charge in [0.2, 0.25) is 0 Å². The second kappa shape index (κ2) is 4.79. The predicted molar refractivity (Wildman–Crippen MR) is 61.6 cm³/mol. The van der Waals surface area contributed by atoms with Gasteiger partial charge in [-0.05, 0) is 12.5 Å². The van der Waals surface area contributed by atoms with Crippen LogP contribution in [0.25, 0.3) is 0 Å². The smallest absolute Gasteiger partial charge is 0.128 e. The van der Waals surface area contributed by atoms with Crippen LogP contribution in [0.4, 0.5) is 10.1 Å². The van der Waals surface area contributed by atoms with Crippen molar-refractivity contribution in [3.05, 3.63) is 48.0 Å². The summed E-state index contributed by atoms with van der Waals surface area (Å²) in [7, 11) is 0. The third-order valence-electron chi connectivity index (χ3n) is 2.53. The summed E-state index contributed by atoms with van der Waals surface area (Å²) in [6.45, 7) is 2.02. The summed E-state index contributed by atoms with van der Waals surface area (Å²) in [5.74, 6) is -0.176. The van der Waals surface area contributed by atoms with E-state index in [4.69, 9.17) is 0 Å². The molecule has 1 aromatic carbocycles. The largest absolute Gasteiger partial charge is 0.376 e. The maximum absolute atomic E-state index is 13.6. The minimum absolute atomic E-state index is 0.0289. The average molecular weight is 219 g/mol. The molecule has 0 radical (unpaired) electrons. The zero-order chi connectivity index (χ0) is 11.4. The van der Waals surface area contributed by atoms with Crippen molar-refractivity contribution in [2.75, 3.05) is 5.32 Å². The summed E-state index contributed by atoms with van der Waals surface area (Å²) in [5.41, 5.74) is 1.56. The van der Waals surface area contributed by atoms with Gasteiger partial charge in [0.25, 0.3) is 0 Å². The fourth-order valence-electron chi connectivity index (χ4n) is 1.69. The Kier molecular flexibility index (Phi) is 3.19. The topological polar surface area (TPSA) is 40.7 Å². The van der Waals surface area contributed by atoms with Crippen molar-refractivity contribution in [2.24, 2.45) is 0 Å². The Hall–Kier alpha value is -1.84. The third-order valence-corrected chi connectivity index (χ3v) is 2.53. The molecule has 0 saturated carbocycles. The summed E-state index contributed by atoms with van der Waals surface area (Å²) in [5, 5.41) is 9.80. The first kappa shape index (κ1) is 10.7. The van der Waals surface area contributed by atoms with E-state index in [2.05, 4.69) is 15.5 Å². The number of anilines is 1. The number of aromatic nitrogens is 2. The molecule has 0 aliphatic rings. The molecule has 1 aromatic heterocycles. The zero-order valence-electron chi connectivity index (χ0n) is 9.07. The van der Waals surface area contributed by atoms with Gasteiger partial charge in [-0.2, -0.15) is 5.10 Å². The Bertz CT molecular complexity index is 439. The molecule has 1 heterocycles. The number of aromatic amines is 1. The number of rotatable bonds is 4. The molecular weight excluding hydrogens is 205 g/mol. The number of hydrogen-bond acceptors (Lipinski definition) is 2.